The van der Waals surface area contributed by atoms with Crippen molar-refractivity contribution in [2.24, 2.45) is 0 Å². The molecule has 30 heavy (non-hydrogen) atoms. The van der Waals surface area contributed by atoms with E-state index in [0.717, 1.165) is 57.3 Å². The number of carbonyl (C=O) groups excluding carboxylic acids is 2. The molecular weight excluding hydrogens is 376 g/mol. The van der Waals surface area contributed by atoms with E-state index in [2.05, 4.69) is 16.7 Å². The monoisotopic (exact) mass is 412 g/mol. The second-order valence-corrected chi connectivity index (χ2v) is 8.97. The topological polar surface area (TPSA) is 47.1 Å². The fraction of sp³-hybridized carbons (Fsp3) is 0.667. The Hall–Kier alpha value is -1.92. The highest BCUT2D eigenvalue weighted by Gasteiger charge is 2.31. The van der Waals surface area contributed by atoms with Gasteiger partial charge >= 0.3 is 0 Å². The number of hydrogen-bond donors (Lipinski definition) is 0. The summed E-state index contributed by atoms with van der Waals surface area (Å²) in [6, 6.07) is 10.9. The molecule has 1 aromatic rings. The van der Waals surface area contributed by atoms with Gasteiger partial charge in [-0.05, 0) is 24.8 Å². The number of rotatable bonds is 6. The lowest BCUT2D eigenvalue weighted by molar-refractivity contribution is -0.137. The van der Waals surface area contributed by atoms with Crippen LogP contribution in [0.5, 0.6) is 0 Å². The van der Waals surface area contributed by atoms with Crippen molar-refractivity contribution in [3.05, 3.63) is 35.9 Å². The summed E-state index contributed by atoms with van der Waals surface area (Å²) in [7, 11) is 0. The first-order valence-corrected chi connectivity index (χ1v) is 11.7. The maximum absolute atomic E-state index is 13.0. The smallest absolute Gasteiger partial charge is 0.236 e. The van der Waals surface area contributed by atoms with Gasteiger partial charge in [-0.25, -0.2) is 0 Å². The van der Waals surface area contributed by atoms with Crippen molar-refractivity contribution < 1.29 is 9.59 Å². The molecule has 1 aromatic carbocycles. The highest BCUT2D eigenvalue weighted by molar-refractivity contribution is 5.84. The first-order chi connectivity index (χ1) is 14.7. The van der Waals surface area contributed by atoms with Crippen LogP contribution in [-0.2, 0) is 9.59 Å². The van der Waals surface area contributed by atoms with Crippen LogP contribution in [0.4, 0.5) is 0 Å². The van der Waals surface area contributed by atoms with Gasteiger partial charge in [0.05, 0.1) is 12.5 Å². The molecule has 0 bridgehead atoms. The van der Waals surface area contributed by atoms with Gasteiger partial charge in [-0.3, -0.25) is 19.4 Å². The summed E-state index contributed by atoms with van der Waals surface area (Å²) >= 11 is 0. The Morgan fingerprint density at radius 3 is 2.10 bits per heavy atom. The van der Waals surface area contributed by atoms with Gasteiger partial charge in [-0.1, -0.05) is 43.7 Å². The summed E-state index contributed by atoms with van der Waals surface area (Å²) in [6.45, 7) is 9.33. The zero-order chi connectivity index (χ0) is 20.9. The minimum absolute atomic E-state index is 0.0636. The van der Waals surface area contributed by atoms with Gasteiger partial charge in [-0.2, -0.15) is 0 Å². The van der Waals surface area contributed by atoms with Gasteiger partial charge in [0.1, 0.15) is 0 Å². The van der Waals surface area contributed by atoms with Crippen LogP contribution in [0, 0.1) is 0 Å². The van der Waals surface area contributed by atoms with Crippen molar-refractivity contribution in [1.82, 2.24) is 19.6 Å². The number of benzene rings is 1. The summed E-state index contributed by atoms with van der Waals surface area (Å²) in [6.07, 6.45) is 4.84. The molecule has 2 saturated heterocycles. The van der Waals surface area contributed by atoms with Crippen LogP contribution in [-0.4, -0.2) is 96.4 Å². The van der Waals surface area contributed by atoms with Crippen LogP contribution in [0.25, 0.3) is 0 Å². The SMILES string of the molecule is CCC(C(=O)N1CCN(CC(=O)N2CCN(C3CCC3)CC2)CC1)c1ccccc1. The largest absolute Gasteiger partial charge is 0.340 e. The lowest BCUT2D eigenvalue weighted by atomic mass is 9.91. The third-order valence-corrected chi connectivity index (χ3v) is 7.21. The summed E-state index contributed by atoms with van der Waals surface area (Å²) in [5.74, 6) is 0.409. The average Bonchev–Trinajstić information content (AvgIpc) is 2.75. The van der Waals surface area contributed by atoms with E-state index < -0.39 is 0 Å². The van der Waals surface area contributed by atoms with Crippen LogP contribution in [0.1, 0.15) is 44.1 Å². The fourth-order valence-corrected chi connectivity index (χ4v) is 4.96. The maximum atomic E-state index is 13.0. The molecule has 3 aliphatic rings. The van der Waals surface area contributed by atoms with Crippen LogP contribution in [0.2, 0.25) is 0 Å². The van der Waals surface area contributed by atoms with Crippen molar-refractivity contribution in [2.45, 2.75) is 44.6 Å². The second-order valence-electron chi connectivity index (χ2n) is 8.97. The van der Waals surface area contributed by atoms with E-state index in [-0.39, 0.29) is 17.7 Å². The van der Waals surface area contributed by atoms with Gasteiger partial charge < -0.3 is 9.80 Å². The van der Waals surface area contributed by atoms with E-state index in [1.807, 2.05) is 40.1 Å². The highest BCUT2D eigenvalue weighted by Crippen LogP contribution is 2.26. The molecule has 2 heterocycles. The van der Waals surface area contributed by atoms with E-state index in [1.165, 1.54) is 19.3 Å². The molecule has 6 nitrogen and oxygen atoms in total. The minimum atomic E-state index is -0.0636. The molecule has 1 aliphatic carbocycles. The molecule has 1 atom stereocenters. The second kappa shape index (κ2) is 9.92. The Morgan fingerprint density at radius 1 is 0.900 bits per heavy atom. The molecule has 0 N–H and O–H groups in total. The summed E-state index contributed by atoms with van der Waals surface area (Å²) in [4.78, 5) is 34.6. The van der Waals surface area contributed by atoms with Crippen LogP contribution in [0.15, 0.2) is 30.3 Å². The first kappa shape index (κ1) is 21.3. The normalized spacial score (nSPS) is 22.6. The number of piperazine rings is 2. The Labute approximate surface area is 180 Å². The van der Waals surface area contributed by atoms with Gasteiger partial charge in [0.2, 0.25) is 11.8 Å². The molecule has 2 amide bonds. The van der Waals surface area contributed by atoms with Crippen molar-refractivity contribution in [2.75, 3.05) is 58.9 Å². The zero-order valence-electron chi connectivity index (χ0n) is 18.3. The van der Waals surface area contributed by atoms with E-state index in [1.54, 1.807) is 0 Å². The number of amides is 2. The van der Waals surface area contributed by atoms with E-state index in [9.17, 15) is 9.59 Å². The predicted octanol–water partition coefficient (Wildman–Crippen LogP) is 2.02. The van der Waals surface area contributed by atoms with Crippen LogP contribution in [0.3, 0.4) is 0 Å². The molecule has 4 rings (SSSR count). The lowest BCUT2D eigenvalue weighted by Crippen LogP contribution is -2.56. The predicted molar refractivity (Wildman–Crippen MR) is 118 cm³/mol. The molecule has 1 saturated carbocycles. The van der Waals surface area contributed by atoms with E-state index in [0.29, 0.717) is 19.6 Å². The Balaban J connectivity index is 1.21. The third-order valence-electron chi connectivity index (χ3n) is 7.21. The summed E-state index contributed by atoms with van der Waals surface area (Å²) in [5, 5.41) is 0. The Bertz CT molecular complexity index is 705. The van der Waals surface area contributed by atoms with Crippen molar-refractivity contribution >= 4 is 11.8 Å². The van der Waals surface area contributed by atoms with Crippen molar-refractivity contribution in [3.8, 4) is 0 Å². The molecule has 3 fully saturated rings. The van der Waals surface area contributed by atoms with Crippen LogP contribution < -0.4 is 0 Å². The quantitative estimate of drug-likeness (QED) is 0.717. The number of carbonyl (C=O) groups is 2. The first-order valence-electron chi connectivity index (χ1n) is 11.7. The van der Waals surface area contributed by atoms with Crippen molar-refractivity contribution in [1.29, 1.82) is 0 Å². The van der Waals surface area contributed by atoms with Gasteiger partial charge in [-0.15, -0.1) is 0 Å². The van der Waals surface area contributed by atoms with Crippen LogP contribution >= 0.6 is 0 Å². The summed E-state index contributed by atoms with van der Waals surface area (Å²) in [5.41, 5.74) is 1.10. The molecule has 0 aromatic heterocycles. The summed E-state index contributed by atoms with van der Waals surface area (Å²) < 4.78 is 0. The van der Waals surface area contributed by atoms with Gasteiger partial charge in [0.25, 0.3) is 0 Å². The highest BCUT2D eigenvalue weighted by atomic mass is 16.2. The molecule has 1 unspecified atom stereocenters. The molecule has 0 radical (unpaired) electrons. The van der Waals surface area contributed by atoms with E-state index >= 15 is 0 Å². The Morgan fingerprint density at radius 2 is 1.53 bits per heavy atom. The van der Waals surface area contributed by atoms with Gasteiger partial charge in [0.15, 0.2) is 0 Å². The molecule has 2 aliphatic heterocycles. The van der Waals surface area contributed by atoms with Gasteiger partial charge in [0, 0.05) is 58.4 Å². The molecule has 6 heteroatoms. The standard InChI is InChI=1S/C24H36N4O2/c1-2-22(20-7-4-3-5-8-20)24(30)28-13-11-25(12-14-28)19-23(29)27-17-15-26(16-18-27)21-9-6-10-21/h3-5,7-8,21-22H,2,6,9-19H2,1H3. The molecular formula is C24H36N4O2. The molecule has 0 spiro atoms. The number of nitrogens with zero attached hydrogens (tertiary/aromatic N) is 4. The Kier molecular flexibility index (Phi) is 7.05. The van der Waals surface area contributed by atoms with E-state index in [4.69, 9.17) is 0 Å². The fourth-order valence-electron chi connectivity index (χ4n) is 4.96. The van der Waals surface area contributed by atoms with Crippen molar-refractivity contribution in [3.63, 3.8) is 0 Å². The lowest BCUT2D eigenvalue weighted by Gasteiger charge is -2.43. The third kappa shape index (κ3) is 4.86. The maximum Gasteiger partial charge on any atom is 0.236 e. The number of hydrogen-bond acceptors (Lipinski definition) is 4. The molecule has 164 valence electrons. The minimum Gasteiger partial charge on any atom is -0.340 e. The zero-order valence-corrected chi connectivity index (χ0v) is 18.3. The average molecular weight is 413 g/mol.